The van der Waals surface area contributed by atoms with Crippen LogP contribution in [-0.4, -0.2) is 48.2 Å². The van der Waals surface area contributed by atoms with E-state index >= 15 is 4.39 Å². The van der Waals surface area contributed by atoms with E-state index in [1.807, 2.05) is 0 Å². The van der Waals surface area contributed by atoms with E-state index in [-0.39, 0.29) is 60.3 Å². The molecule has 18 heteroatoms. The zero-order chi connectivity index (χ0) is 43.2. The summed E-state index contributed by atoms with van der Waals surface area (Å²) in [6, 6.07) is 8.03. The summed E-state index contributed by atoms with van der Waals surface area (Å²) in [7, 11) is 0. The third kappa shape index (κ3) is 7.56. The fourth-order valence-corrected chi connectivity index (χ4v) is 6.77. The van der Waals surface area contributed by atoms with Gasteiger partial charge >= 0.3 is 11.9 Å². The van der Waals surface area contributed by atoms with E-state index in [0.717, 1.165) is 52.5 Å². The first-order valence-corrected chi connectivity index (χ1v) is 17.7. The Balaban J connectivity index is 0.000000223. The van der Waals surface area contributed by atoms with Crippen molar-refractivity contribution >= 4 is 68.8 Å². The fraction of sp³-hybridized carbons (Fsp3) is 0.200. The summed E-state index contributed by atoms with van der Waals surface area (Å²) in [4.78, 5) is 49.5. The Morgan fingerprint density at radius 2 is 1.14 bits per heavy atom. The molecule has 0 radical (unpaired) electrons. The maximum atomic E-state index is 15.0. The molecule has 6 rings (SSSR count). The standard InChI is InChI=1S/C22H19ClF3NO4.C18H11ClF3NO4/c1-4-9(2)16(22(30)31)17-10(3)27(15-8-14(25)20(28)19(26)18(15)17)21(29)11-5-6-12(23)13(24)7-11;1-7-17(27-8(2)24)14-13(6-12(21)16(25)15(14)22)23(7)18(26)9-3-4-10(19)11(20)5-9/h5-9,16,28H,4H2,1-3H3,(H,30,31);3-6,25H,1-2H3. The first-order valence-electron chi connectivity index (χ1n) is 17.0. The van der Waals surface area contributed by atoms with Crippen LogP contribution in [0.15, 0.2) is 48.5 Å². The van der Waals surface area contributed by atoms with Gasteiger partial charge in [-0.05, 0) is 61.7 Å². The number of benzene rings is 4. The number of nitrogens with zero attached hydrogens (tertiary/aromatic N) is 2. The van der Waals surface area contributed by atoms with Gasteiger partial charge in [0.25, 0.3) is 11.8 Å². The highest BCUT2D eigenvalue weighted by Gasteiger charge is 2.35. The number of esters is 1. The summed E-state index contributed by atoms with van der Waals surface area (Å²) in [5.74, 6) is -15.5. The summed E-state index contributed by atoms with van der Waals surface area (Å²) in [6.07, 6.45) is 0.425. The first kappa shape index (κ1) is 43.1. The number of carboxylic acid groups (broad SMARTS) is 1. The number of hydrogen-bond acceptors (Lipinski definition) is 7. The topological polar surface area (TPSA) is 148 Å². The zero-order valence-electron chi connectivity index (χ0n) is 30.8. The van der Waals surface area contributed by atoms with Crippen LogP contribution in [0.25, 0.3) is 21.8 Å². The van der Waals surface area contributed by atoms with E-state index in [1.165, 1.54) is 26.0 Å². The molecule has 6 aromatic rings. The summed E-state index contributed by atoms with van der Waals surface area (Å²) >= 11 is 11.3. The predicted molar refractivity (Wildman–Crippen MR) is 200 cm³/mol. The Morgan fingerprint density at radius 3 is 1.55 bits per heavy atom. The highest BCUT2D eigenvalue weighted by atomic mass is 35.5. The van der Waals surface area contributed by atoms with E-state index in [1.54, 1.807) is 13.8 Å². The Morgan fingerprint density at radius 1 is 0.707 bits per heavy atom. The van der Waals surface area contributed by atoms with Gasteiger partial charge in [-0.2, -0.15) is 0 Å². The van der Waals surface area contributed by atoms with Crippen LogP contribution in [0.2, 0.25) is 10.0 Å². The minimum atomic E-state index is -1.39. The molecule has 0 bridgehead atoms. The Kier molecular flexibility index (Phi) is 12.2. The number of phenols is 2. The fourth-order valence-electron chi connectivity index (χ4n) is 6.54. The summed E-state index contributed by atoms with van der Waals surface area (Å²) in [5, 5.41) is 27.9. The third-order valence-corrected chi connectivity index (χ3v) is 10.1. The minimum absolute atomic E-state index is 0.0375. The summed E-state index contributed by atoms with van der Waals surface area (Å²) < 4.78 is 91.9. The number of carboxylic acids is 1. The molecule has 2 unspecified atom stereocenters. The molecule has 0 saturated carbocycles. The molecule has 0 aliphatic carbocycles. The highest BCUT2D eigenvalue weighted by molar-refractivity contribution is 6.31. The molecule has 3 N–H and O–H groups in total. The van der Waals surface area contributed by atoms with Gasteiger partial charge in [-0.3, -0.25) is 28.3 Å². The zero-order valence-corrected chi connectivity index (χ0v) is 32.3. The van der Waals surface area contributed by atoms with E-state index in [2.05, 4.69) is 0 Å². The maximum Gasteiger partial charge on any atom is 0.311 e. The van der Waals surface area contributed by atoms with E-state index in [4.69, 9.17) is 27.9 Å². The Labute approximate surface area is 334 Å². The molecule has 0 spiro atoms. The van der Waals surface area contributed by atoms with Crippen LogP contribution in [-0.2, 0) is 9.59 Å². The number of ether oxygens (including phenoxy) is 1. The van der Waals surface area contributed by atoms with Crippen LogP contribution in [0, 0.1) is 54.7 Å². The second-order valence-corrected chi connectivity index (χ2v) is 13.9. The van der Waals surface area contributed by atoms with Crippen LogP contribution in [0.5, 0.6) is 17.2 Å². The quantitative estimate of drug-likeness (QED) is 0.106. The molecule has 0 amide bonds. The first-order chi connectivity index (χ1) is 27.1. The number of phenolic OH excluding ortho intramolecular Hbond substituents is 2. The lowest BCUT2D eigenvalue weighted by molar-refractivity contribution is -0.140. The largest absolute Gasteiger partial charge is 0.503 e. The Bertz CT molecular complexity index is 2710. The van der Waals surface area contributed by atoms with Gasteiger partial charge in [-0.15, -0.1) is 0 Å². The van der Waals surface area contributed by atoms with Crippen LogP contribution in [0.3, 0.4) is 0 Å². The number of carbonyl (C=O) groups is 4. The lowest BCUT2D eigenvalue weighted by atomic mass is 9.84. The number of hydrogen-bond donors (Lipinski definition) is 3. The molecule has 0 saturated heterocycles. The Hall–Kier alpha value is -6.00. The molecule has 0 fully saturated rings. The van der Waals surface area contributed by atoms with Gasteiger partial charge in [0.1, 0.15) is 11.6 Å². The van der Waals surface area contributed by atoms with Crippen molar-refractivity contribution in [2.45, 2.75) is 47.0 Å². The molecule has 2 atom stereocenters. The molecule has 4 aromatic carbocycles. The summed E-state index contributed by atoms with van der Waals surface area (Å²) in [6.45, 7) is 7.19. The van der Waals surface area contributed by atoms with Crippen LogP contribution >= 0.6 is 23.2 Å². The van der Waals surface area contributed by atoms with Crippen molar-refractivity contribution in [3.05, 3.63) is 122 Å². The van der Waals surface area contributed by atoms with Crippen molar-refractivity contribution in [3.8, 4) is 17.2 Å². The molecule has 10 nitrogen and oxygen atoms in total. The average molecular weight is 852 g/mol. The van der Waals surface area contributed by atoms with Gasteiger partial charge < -0.3 is 20.1 Å². The SMILES string of the molecule is CC(=O)Oc1c(C)n(C(=O)c2ccc(Cl)c(F)c2)c2cc(F)c(O)c(F)c12.CCC(C)C(C(=O)O)c1c(C)n(C(=O)c2ccc(Cl)c(F)c2)c2cc(F)c(O)c(F)c12. The van der Waals surface area contributed by atoms with E-state index in [0.29, 0.717) is 6.42 Å². The van der Waals surface area contributed by atoms with Crippen molar-refractivity contribution in [2.75, 3.05) is 0 Å². The maximum absolute atomic E-state index is 15.0. The van der Waals surface area contributed by atoms with Gasteiger partial charge in [0.15, 0.2) is 40.5 Å². The van der Waals surface area contributed by atoms with Crippen molar-refractivity contribution < 1.29 is 65.6 Å². The highest BCUT2D eigenvalue weighted by Crippen LogP contribution is 2.42. The third-order valence-electron chi connectivity index (χ3n) is 9.49. The molecular formula is C40H30Cl2F6N2O8. The normalized spacial score (nSPS) is 12.3. The summed E-state index contributed by atoms with van der Waals surface area (Å²) in [5.41, 5.74) is -0.908. The number of aromatic nitrogens is 2. The van der Waals surface area contributed by atoms with Crippen molar-refractivity contribution in [3.63, 3.8) is 0 Å². The number of rotatable bonds is 7. The number of halogens is 8. The minimum Gasteiger partial charge on any atom is -0.503 e. The van der Waals surface area contributed by atoms with Crippen molar-refractivity contribution in [2.24, 2.45) is 5.92 Å². The van der Waals surface area contributed by atoms with Gasteiger partial charge in [0.05, 0.1) is 38.1 Å². The second kappa shape index (κ2) is 16.5. The lowest BCUT2D eigenvalue weighted by Gasteiger charge is -2.20. The number of carbonyl (C=O) groups excluding carboxylic acids is 3. The smallest absolute Gasteiger partial charge is 0.311 e. The molecule has 58 heavy (non-hydrogen) atoms. The van der Waals surface area contributed by atoms with E-state index < -0.39 is 87.4 Å². The monoisotopic (exact) mass is 850 g/mol. The van der Waals surface area contributed by atoms with Crippen molar-refractivity contribution in [1.29, 1.82) is 0 Å². The number of fused-ring (bicyclic) bond motifs is 2. The number of aromatic hydroxyl groups is 2. The van der Waals surface area contributed by atoms with E-state index in [9.17, 15) is 56.4 Å². The lowest BCUT2D eigenvalue weighted by Crippen LogP contribution is -2.21. The number of aliphatic carboxylic acids is 1. The predicted octanol–water partition coefficient (Wildman–Crippen LogP) is 9.97. The molecule has 2 heterocycles. The molecule has 0 aliphatic rings. The van der Waals surface area contributed by atoms with Gasteiger partial charge in [-0.1, -0.05) is 43.5 Å². The van der Waals surface area contributed by atoms with Crippen LogP contribution < -0.4 is 4.74 Å². The van der Waals surface area contributed by atoms with Crippen molar-refractivity contribution in [1.82, 2.24) is 9.13 Å². The second-order valence-electron chi connectivity index (χ2n) is 13.1. The van der Waals surface area contributed by atoms with Crippen LogP contribution in [0.1, 0.15) is 70.8 Å². The molecule has 304 valence electrons. The molecular weight excluding hydrogens is 821 g/mol. The molecule has 0 aliphatic heterocycles. The molecule has 2 aromatic heterocycles. The van der Waals surface area contributed by atoms with Crippen LogP contribution in [0.4, 0.5) is 26.3 Å². The van der Waals surface area contributed by atoms with Gasteiger partial charge in [0, 0.05) is 41.3 Å². The van der Waals surface area contributed by atoms with Gasteiger partial charge in [0.2, 0.25) is 0 Å². The van der Waals surface area contributed by atoms with Gasteiger partial charge in [-0.25, -0.2) is 26.3 Å². The average Bonchev–Trinajstić information content (AvgIpc) is 3.59.